The molecule has 5 heteroatoms. The van der Waals surface area contributed by atoms with E-state index in [-0.39, 0.29) is 6.04 Å². The van der Waals surface area contributed by atoms with E-state index >= 15 is 0 Å². The maximum Gasteiger partial charge on any atom is 0.0948 e. The molecule has 2 atom stereocenters. The topological polar surface area (TPSA) is 60.9 Å². The highest BCUT2D eigenvalue weighted by atomic mass is 32.2. The minimum atomic E-state index is -0.761. The van der Waals surface area contributed by atoms with Gasteiger partial charge in [0.1, 0.15) is 0 Å². The first kappa shape index (κ1) is 10.4. The average molecular weight is 201 g/mol. The Balaban J connectivity index is 2.65. The minimum Gasteiger partial charge on any atom is -0.332 e. The predicted octanol–water partition coefficient (Wildman–Crippen LogP) is 0.281. The van der Waals surface area contributed by atoms with E-state index in [1.807, 2.05) is 11.5 Å². The van der Waals surface area contributed by atoms with E-state index in [9.17, 15) is 4.21 Å². The van der Waals surface area contributed by atoms with Gasteiger partial charge in [0.25, 0.3) is 0 Å². The van der Waals surface area contributed by atoms with Gasteiger partial charge in [-0.15, -0.1) is 0 Å². The molecule has 0 radical (unpaired) electrons. The average Bonchev–Trinajstić information content (AvgIpc) is 2.47. The first-order valence-electron chi connectivity index (χ1n) is 4.17. The van der Waals surface area contributed by atoms with Gasteiger partial charge in [0, 0.05) is 41.6 Å². The third kappa shape index (κ3) is 2.93. The fourth-order valence-corrected chi connectivity index (χ4v) is 1.58. The van der Waals surface area contributed by atoms with Gasteiger partial charge in [-0.25, -0.2) is 4.98 Å². The number of nitrogens with zero attached hydrogens (tertiary/aromatic N) is 2. The molecule has 0 aromatic carbocycles. The second-order valence-corrected chi connectivity index (χ2v) is 4.63. The summed E-state index contributed by atoms with van der Waals surface area (Å²) in [6, 6.07) is -0.0206. The number of imidazole rings is 1. The van der Waals surface area contributed by atoms with Crippen molar-refractivity contribution in [2.75, 3.05) is 12.0 Å². The summed E-state index contributed by atoms with van der Waals surface area (Å²) < 4.78 is 12.8. The molecule has 0 amide bonds. The Kier molecular flexibility index (Phi) is 3.62. The Bertz CT molecular complexity index is 295. The molecular formula is C8H15N3OS. The summed E-state index contributed by atoms with van der Waals surface area (Å²) in [6.45, 7) is 2.64. The molecule has 1 rings (SSSR count). The van der Waals surface area contributed by atoms with Crippen molar-refractivity contribution >= 4 is 10.8 Å². The molecule has 13 heavy (non-hydrogen) atoms. The van der Waals surface area contributed by atoms with Crippen molar-refractivity contribution in [3.8, 4) is 0 Å². The zero-order chi connectivity index (χ0) is 9.84. The van der Waals surface area contributed by atoms with Crippen LogP contribution in [0.3, 0.4) is 0 Å². The third-order valence-electron chi connectivity index (χ3n) is 1.83. The number of rotatable bonds is 4. The van der Waals surface area contributed by atoms with Gasteiger partial charge < -0.3 is 10.3 Å². The number of nitrogens with two attached hydrogens (primary N) is 1. The lowest BCUT2D eigenvalue weighted by Gasteiger charge is -2.09. The third-order valence-corrected chi connectivity index (χ3v) is 2.59. The molecule has 1 unspecified atom stereocenters. The molecule has 74 valence electrons. The van der Waals surface area contributed by atoms with Gasteiger partial charge >= 0.3 is 0 Å². The second kappa shape index (κ2) is 4.53. The van der Waals surface area contributed by atoms with Crippen LogP contribution in [0.15, 0.2) is 12.5 Å². The van der Waals surface area contributed by atoms with E-state index in [1.54, 1.807) is 18.8 Å². The van der Waals surface area contributed by atoms with Crippen LogP contribution in [-0.2, 0) is 17.3 Å². The maximum absolute atomic E-state index is 10.9. The summed E-state index contributed by atoms with van der Waals surface area (Å²) in [5.74, 6) is 0.649. The normalized spacial score (nSPS) is 15.6. The fraction of sp³-hybridized carbons (Fsp3) is 0.625. The van der Waals surface area contributed by atoms with E-state index in [2.05, 4.69) is 4.98 Å². The largest absolute Gasteiger partial charge is 0.332 e. The Labute approximate surface area is 80.6 Å². The van der Waals surface area contributed by atoms with Crippen LogP contribution in [0.4, 0.5) is 0 Å². The number of hydrogen-bond donors (Lipinski definition) is 1. The summed E-state index contributed by atoms with van der Waals surface area (Å²) >= 11 is 0. The predicted molar refractivity (Wildman–Crippen MR) is 53.8 cm³/mol. The van der Waals surface area contributed by atoms with Gasteiger partial charge in [-0.3, -0.25) is 4.21 Å². The van der Waals surface area contributed by atoms with Crippen LogP contribution in [-0.4, -0.2) is 25.8 Å². The summed E-state index contributed by atoms with van der Waals surface area (Å²) in [7, 11) is -0.761. The van der Waals surface area contributed by atoms with Crippen molar-refractivity contribution < 1.29 is 4.21 Å². The van der Waals surface area contributed by atoms with Crippen LogP contribution >= 0.6 is 0 Å². The second-order valence-electron chi connectivity index (χ2n) is 3.08. The smallest absolute Gasteiger partial charge is 0.0948 e. The Morgan fingerprint density at radius 1 is 1.77 bits per heavy atom. The van der Waals surface area contributed by atoms with Crippen LogP contribution in [0, 0.1) is 0 Å². The summed E-state index contributed by atoms with van der Waals surface area (Å²) in [6.07, 6.45) is 5.18. The van der Waals surface area contributed by atoms with Crippen molar-refractivity contribution in [2.45, 2.75) is 19.5 Å². The highest BCUT2D eigenvalue weighted by Crippen LogP contribution is 2.08. The maximum atomic E-state index is 10.9. The molecule has 1 aromatic rings. The molecule has 4 nitrogen and oxygen atoms in total. The van der Waals surface area contributed by atoms with Crippen LogP contribution in [0.1, 0.15) is 18.7 Å². The number of aromatic nitrogens is 2. The Morgan fingerprint density at radius 3 is 3.00 bits per heavy atom. The molecule has 0 saturated heterocycles. The lowest BCUT2D eigenvalue weighted by atomic mass is 10.3. The van der Waals surface area contributed by atoms with Crippen molar-refractivity contribution in [3.63, 3.8) is 0 Å². The molecule has 0 aliphatic heterocycles. The molecule has 0 aliphatic carbocycles. The lowest BCUT2D eigenvalue weighted by Crippen LogP contribution is -2.14. The zero-order valence-electron chi connectivity index (χ0n) is 7.93. The Morgan fingerprint density at radius 2 is 2.46 bits per heavy atom. The van der Waals surface area contributed by atoms with E-state index < -0.39 is 10.8 Å². The summed E-state index contributed by atoms with van der Waals surface area (Å²) in [5, 5.41) is 0. The van der Waals surface area contributed by atoms with E-state index in [0.29, 0.717) is 5.75 Å². The highest BCUT2D eigenvalue weighted by molar-refractivity contribution is 7.84. The standard InChI is InChI=1S/C8H15N3OS/c1-7(9)8-5-10-6-11(8)3-4-13(2)12/h5-7H,3-4,9H2,1-2H3/t7-,13?/m0/s1. The van der Waals surface area contributed by atoms with E-state index in [1.165, 1.54) is 0 Å². The first-order chi connectivity index (χ1) is 6.11. The molecule has 0 spiro atoms. The van der Waals surface area contributed by atoms with Crippen molar-refractivity contribution in [1.82, 2.24) is 9.55 Å². The molecule has 0 bridgehead atoms. The molecule has 0 aliphatic rings. The van der Waals surface area contributed by atoms with Crippen LogP contribution in [0.25, 0.3) is 0 Å². The van der Waals surface area contributed by atoms with Crippen molar-refractivity contribution in [1.29, 1.82) is 0 Å². The Hall–Kier alpha value is -0.680. The van der Waals surface area contributed by atoms with Gasteiger partial charge in [0.05, 0.1) is 12.0 Å². The fourth-order valence-electron chi connectivity index (χ4n) is 1.12. The molecule has 0 saturated carbocycles. The molecule has 0 fully saturated rings. The van der Waals surface area contributed by atoms with Crippen LogP contribution in [0.2, 0.25) is 0 Å². The van der Waals surface area contributed by atoms with E-state index in [0.717, 1.165) is 12.2 Å². The van der Waals surface area contributed by atoms with E-state index in [4.69, 9.17) is 5.73 Å². The van der Waals surface area contributed by atoms with Crippen LogP contribution < -0.4 is 5.73 Å². The van der Waals surface area contributed by atoms with Gasteiger partial charge in [-0.05, 0) is 6.92 Å². The van der Waals surface area contributed by atoms with Gasteiger partial charge in [0.15, 0.2) is 0 Å². The monoisotopic (exact) mass is 201 g/mol. The molecular weight excluding hydrogens is 186 g/mol. The first-order valence-corrected chi connectivity index (χ1v) is 5.89. The SMILES string of the molecule is C[C@H](N)c1cncn1CCS(C)=O. The zero-order valence-corrected chi connectivity index (χ0v) is 8.75. The van der Waals surface area contributed by atoms with Gasteiger partial charge in [-0.2, -0.15) is 0 Å². The minimum absolute atomic E-state index is 0.0206. The van der Waals surface area contributed by atoms with Gasteiger partial charge in [-0.1, -0.05) is 0 Å². The van der Waals surface area contributed by atoms with Gasteiger partial charge in [0.2, 0.25) is 0 Å². The highest BCUT2D eigenvalue weighted by Gasteiger charge is 2.06. The van der Waals surface area contributed by atoms with Crippen LogP contribution in [0.5, 0.6) is 0 Å². The summed E-state index contributed by atoms with van der Waals surface area (Å²) in [4.78, 5) is 4.01. The number of hydrogen-bond acceptors (Lipinski definition) is 3. The lowest BCUT2D eigenvalue weighted by molar-refractivity contribution is 0.647. The molecule has 1 aromatic heterocycles. The molecule has 2 N–H and O–H groups in total. The summed E-state index contributed by atoms with van der Waals surface area (Å²) in [5.41, 5.74) is 6.72. The molecule has 1 heterocycles. The quantitative estimate of drug-likeness (QED) is 0.761. The van der Waals surface area contributed by atoms with Crippen molar-refractivity contribution in [3.05, 3.63) is 18.2 Å². The van der Waals surface area contributed by atoms with Crippen molar-refractivity contribution in [2.24, 2.45) is 5.73 Å². The number of aryl methyl sites for hydroxylation is 1.